The first-order chi connectivity index (χ1) is 10.8. The highest BCUT2D eigenvalue weighted by atomic mass is 28.4. The first-order valence-electron chi connectivity index (χ1n) is 9.18. The third-order valence-electron chi connectivity index (χ3n) is 4.75. The van der Waals surface area contributed by atoms with Gasteiger partial charge in [-0.25, -0.2) is 0 Å². The number of ether oxygens (including phenoxy) is 1. The van der Waals surface area contributed by atoms with Gasteiger partial charge in [0.25, 0.3) is 0 Å². The molecule has 0 bridgehead atoms. The average molecular weight is 337 g/mol. The topological polar surface area (TPSA) is 18.5 Å². The molecule has 0 N–H and O–H groups in total. The van der Waals surface area contributed by atoms with Crippen LogP contribution in [0, 0.1) is 0 Å². The summed E-state index contributed by atoms with van der Waals surface area (Å²) in [4.78, 5) is 0. The maximum Gasteiger partial charge on any atom is 0.250 e. The van der Waals surface area contributed by atoms with Crippen LogP contribution < -0.4 is 9.16 Å². The van der Waals surface area contributed by atoms with Gasteiger partial charge < -0.3 is 9.16 Å². The van der Waals surface area contributed by atoms with E-state index >= 15 is 0 Å². The minimum Gasteiger partial charge on any atom is -0.543 e. The van der Waals surface area contributed by atoms with E-state index in [1.165, 1.54) is 32.1 Å². The zero-order valence-electron chi connectivity index (χ0n) is 16.1. The number of rotatable bonds is 10. The Labute approximate surface area is 144 Å². The van der Waals surface area contributed by atoms with Crippen LogP contribution in [-0.2, 0) is 0 Å². The molecule has 0 saturated heterocycles. The van der Waals surface area contributed by atoms with Gasteiger partial charge in [-0.05, 0) is 36.7 Å². The van der Waals surface area contributed by atoms with Crippen LogP contribution in [0.1, 0.15) is 66.2 Å². The maximum atomic E-state index is 6.34. The molecule has 0 atom stereocenters. The Kier molecular flexibility index (Phi) is 8.17. The summed E-state index contributed by atoms with van der Waals surface area (Å²) < 4.78 is 12.2. The lowest BCUT2D eigenvalue weighted by Gasteiger charge is -2.36. The van der Waals surface area contributed by atoms with Crippen molar-refractivity contribution in [1.82, 2.24) is 0 Å². The van der Waals surface area contributed by atoms with Crippen molar-refractivity contribution >= 4 is 8.32 Å². The highest BCUT2D eigenvalue weighted by Crippen LogP contribution is 2.37. The van der Waals surface area contributed by atoms with E-state index in [0.29, 0.717) is 0 Å². The molecule has 0 unspecified atom stereocenters. The average Bonchev–Trinajstić information content (AvgIpc) is 2.45. The Morgan fingerprint density at radius 2 is 1.52 bits per heavy atom. The summed E-state index contributed by atoms with van der Waals surface area (Å²) in [6.07, 6.45) is 7.74. The van der Waals surface area contributed by atoms with Crippen LogP contribution in [0.25, 0.3) is 0 Å². The third kappa shape index (κ3) is 7.43. The fourth-order valence-electron chi connectivity index (χ4n) is 2.15. The van der Waals surface area contributed by atoms with Gasteiger partial charge in [0.05, 0.1) is 6.61 Å². The summed E-state index contributed by atoms with van der Waals surface area (Å²) in [5.74, 6) is 1.87. The third-order valence-corrected chi connectivity index (χ3v) is 9.11. The monoisotopic (exact) mass is 336 g/mol. The van der Waals surface area contributed by atoms with E-state index in [-0.39, 0.29) is 5.04 Å². The fraction of sp³-hybridized carbons (Fsp3) is 0.700. The van der Waals surface area contributed by atoms with Gasteiger partial charge in [-0.15, -0.1) is 0 Å². The van der Waals surface area contributed by atoms with Crippen molar-refractivity contribution in [3.05, 3.63) is 24.3 Å². The second kappa shape index (κ2) is 9.36. The summed E-state index contributed by atoms with van der Waals surface area (Å²) in [6, 6.07) is 8.13. The number of hydrogen-bond acceptors (Lipinski definition) is 2. The predicted octanol–water partition coefficient (Wildman–Crippen LogP) is 6.81. The van der Waals surface area contributed by atoms with Crippen molar-refractivity contribution in [2.45, 2.75) is 84.4 Å². The molecular formula is C20H36O2Si. The van der Waals surface area contributed by atoms with Crippen molar-refractivity contribution in [3.8, 4) is 11.5 Å². The van der Waals surface area contributed by atoms with Gasteiger partial charge in [-0.2, -0.15) is 0 Å². The van der Waals surface area contributed by atoms with E-state index in [0.717, 1.165) is 24.5 Å². The molecule has 23 heavy (non-hydrogen) atoms. The van der Waals surface area contributed by atoms with Crippen molar-refractivity contribution in [2.24, 2.45) is 0 Å². The number of hydrogen-bond donors (Lipinski definition) is 0. The second-order valence-corrected chi connectivity index (χ2v) is 12.7. The van der Waals surface area contributed by atoms with E-state index in [1.807, 2.05) is 24.3 Å². The molecular weight excluding hydrogens is 300 g/mol. The van der Waals surface area contributed by atoms with Crippen LogP contribution in [0.4, 0.5) is 0 Å². The largest absolute Gasteiger partial charge is 0.543 e. The molecule has 1 aromatic rings. The molecule has 0 saturated carbocycles. The van der Waals surface area contributed by atoms with Crippen LogP contribution in [0.2, 0.25) is 18.1 Å². The van der Waals surface area contributed by atoms with Gasteiger partial charge in [0.1, 0.15) is 11.5 Å². The lowest BCUT2D eigenvalue weighted by atomic mass is 10.1. The summed E-state index contributed by atoms with van der Waals surface area (Å²) in [6.45, 7) is 14.4. The predicted molar refractivity (Wildman–Crippen MR) is 103 cm³/mol. The van der Waals surface area contributed by atoms with Crippen LogP contribution in [0.5, 0.6) is 11.5 Å². The van der Waals surface area contributed by atoms with Crippen LogP contribution >= 0.6 is 0 Å². The quantitative estimate of drug-likeness (QED) is 0.345. The van der Waals surface area contributed by atoms with Crippen LogP contribution in [-0.4, -0.2) is 14.9 Å². The normalized spacial score (nSPS) is 12.3. The molecule has 0 aliphatic heterocycles. The Balaban J connectivity index is 2.42. The lowest BCUT2D eigenvalue weighted by Crippen LogP contribution is -2.43. The van der Waals surface area contributed by atoms with Crippen LogP contribution in [0.3, 0.4) is 0 Å². The van der Waals surface area contributed by atoms with Gasteiger partial charge in [-0.1, -0.05) is 65.9 Å². The summed E-state index contributed by atoms with van der Waals surface area (Å²) in [5, 5.41) is 0.211. The minimum atomic E-state index is -1.78. The Morgan fingerprint density at radius 3 is 2.17 bits per heavy atom. The van der Waals surface area contributed by atoms with E-state index in [9.17, 15) is 0 Å². The van der Waals surface area contributed by atoms with E-state index in [1.54, 1.807) is 0 Å². The molecule has 0 aliphatic carbocycles. The highest BCUT2D eigenvalue weighted by molar-refractivity contribution is 6.74. The van der Waals surface area contributed by atoms with Gasteiger partial charge in [0, 0.05) is 6.07 Å². The van der Waals surface area contributed by atoms with Gasteiger partial charge >= 0.3 is 0 Å². The lowest BCUT2D eigenvalue weighted by molar-refractivity contribution is 0.303. The van der Waals surface area contributed by atoms with Gasteiger partial charge in [0.15, 0.2) is 0 Å². The molecule has 0 fully saturated rings. The first-order valence-corrected chi connectivity index (χ1v) is 12.1. The van der Waals surface area contributed by atoms with E-state index in [4.69, 9.17) is 9.16 Å². The maximum absolute atomic E-state index is 6.34. The molecule has 0 heterocycles. The van der Waals surface area contributed by atoms with E-state index in [2.05, 4.69) is 40.8 Å². The van der Waals surface area contributed by atoms with Crippen molar-refractivity contribution < 1.29 is 9.16 Å². The molecule has 1 aromatic carbocycles. The van der Waals surface area contributed by atoms with Crippen molar-refractivity contribution in [3.63, 3.8) is 0 Å². The number of benzene rings is 1. The summed E-state index contributed by atoms with van der Waals surface area (Å²) in [7, 11) is -1.78. The smallest absolute Gasteiger partial charge is 0.250 e. The van der Waals surface area contributed by atoms with Crippen LogP contribution in [0.15, 0.2) is 24.3 Å². The van der Waals surface area contributed by atoms with Gasteiger partial charge in [-0.3, -0.25) is 0 Å². The molecule has 0 amide bonds. The Hall–Kier alpha value is -0.963. The van der Waals surface area contributed by atoms with Gasteiger partial charge in [0.2, 0.25) is 8.32 Å². The highest BCUT2D eigenvalue weighted by Gasteiger charge is 2.38. The molecule has 0 aromatic heterocycles. The molecule has 0 spiro atoms. The SMILES string of the molecule is CCCCCCCCOc1cccc(O[Si](C)(C)C(C)(C)C)c1. The standard InChI is InChI=1S/C20H36O2Si/c1-7-8-9-10-11-12-16-21-18-14-13-15-19(17-18)22-23(5,6)20(2,3)4/h13-15,17H,7-12,16H2,1-6H3. The first kappa shape index (κ1) is 20.1. The zero-order valence-corrected chi connectivity index (χ0v) is 17.1. The summed E-state index contributed by atoms with van der Waals surface area (Å²) in [5.41, 5.74) is 0. The van der Waals surface area contributed by atoms with Crippen molar-refractivity contribution in [1.29, 1.82) is 0 Å². The fourth-order valence-corrected chi connectivity index (χ4v) is 3.17. The number of unbranched alkanes of at least 4 members (excludes halogenated alkanes) is 5. The molecule has 0 radical (unpaired) electrons. The molecule has 3 heteroatoms. The molecule has 0 aliphatic rings. The Morgan fingerprint density at radius 1 is 0.913 bits per heavy atom. The minimum absolute atomic E-state index is 0.211. The van der Waals surface area contributed by atoms with Crippen molar-refractivity contribution in [2.75, 3.05) is 6.61 Å². The second-order valence-electron chi connectivity index (χ2n) is 7.95. The zero-order chi connectivity index (χ0) is 17.3. The summed E-state index contributed by atoms with van der Waals surface area (Å²) >= 11 is 0. The molecule has 1 rings (SSSR count). The molecule has 2 nitrogen and oxygen atoms in total. The molecule has 132 valence electrons. The Bertz CT molecular complexity index is 449. The van der Waals surface area contributed by atoms with E-state index < -0.39 is 8.32 Å².